The fourth-order valence-electron chi connectivity index (χ4n) is 2.02. The molecule has 0 aliphatic heterocycles. The molecule has 24 heavy (non-hydrogen) atoms. The van der Waals surface area contributed by atoms with E-state index in [1.807, 2.05) is 0 Å². The molecule has 0 unspecified atom stereocenters. The van der Waals surface area contributed by atoms with Gasteiger partial charge < -0.3 is 14.6 Å². The standard InChI is InChI=1S/C17H17BrN2O4/c1-23-14-8-5-12(16(18)17(14)24-2)10-19-20-15(22)9-11-3-6-13(21)7-4-11/h3-8,10,21H,9H2,1-2H3,(H,20,22)/b19-10-. The van der Waals surface area contributed by atoms with Crippen LogP contribution in [0, 0.1) is 0 Å². The summed E-state index contributed by atoms with van der Waals surface area (Å²) < 4.78 is 11.2. The first-order valence-corrected chi connectivity index (χ1v) is 7.84. The molecule has 126 valence electrons. The lowest BCUT2D eigenvalue weighted by Crippen LogP contribution is -2.19. The van der Waals surface area contributed by atoms with E-state index in [0.717, 1.165) is 11.1 Å². The lowest BCUT2D eigenvalue weighted by molar-refractivity contribution is -0.120. The molecule has 0 spiro atoms. The number of carbonyl (C=O) groups is 1. The van der Waals surface area contributed by atoms with Gasteiger partial charge in [-0.15, -0.1) is 0 Å². The normalized spacial score (nSPS) is 10.6. The Bertz CT molecular complexity index is 745. The van der Waals surface area contributed by atoms with E-state index in [1.54, 1.807) is 38.5 Å². The summed E-state index contributed by atoms with van der Waals surface area (Å²) in [6.45, 7) is 0. The molecule has 2 rings (SSSR count). The van der Waals surface area contributed by atoms with Crippen LogP contribution >= 0.6 is 15.9 Å². The minimum atomic E-state index is -0.256. The van der Waals surface area contributed by atoms with E-state index < -0.39 is 0 Å². The van der Waals surface area contributed by atoms with Gasteiger partial charge in [-0.25, -0.2) is 5.43 Å². The molecule has 0 heterocycles. The molecule has 0 aliphatic carbocycles. The van der Waals surface area contributed by atoms with Crippen molar-refractivity contribution >= 4 is 28.1 Å². The van der Waals surface area contributed by atoms with E-state index in [2.05, 4.69) is 26.5 Å². The Hall–Kier alpha value is -2.54. The van der Waals surface area contributed by atoms with Crippen LogP contribution in [0.4, 0.5) is 0 Å². The zero-order valence-corrected chi connectivity index (χ0v) is 14.8. The highest BCUT2D eigenvalue weighted by atomic mass is 79.9. The topological polar surface area (TPSA) is 80.2 Å². The van der Waals surface area contributed by atoms with Gasteiger partial charge in [-0.1, -0.05) is 12.1 Å². The molecule has 0 saturated heterocycles. The van der Waals surface area contributed by atoms with Gasteiger partial charge in [0.1, 0.15) is 5.75 Å². The number of phenols is 1. The van der Waals surface area contributed by atoms with Crippen molar-refractivity contribution in [3.8, 4) is 17.2 Å². The van der Waals surface area contributed by atoms with Gasteiger partial charge in [0.05, 0.1) is 31.3 Å². The van der Waals surface area contributed by atoms with Crippen molar-refractivity contribution < 1.29 is 19.4 Å². The third-order valence-corrected chi connectivity index (χ3v) is 4.03. The van der Waals surface area contributed by atoms with Crippen LogP contribution in [-0.4, -0.2) is 31.4 Å². The van der Waals surface area contributed by atoms with Crippen molar-refractivity contribution in [3.05, 3.63) is 52.0 Å². The van der Waals surface area contributed by atoms with Gasteiger partial charge in [-0.05, 0) is 45.8 Å². The molecule has 0 aromatic heterocycles. The number of amides is 1. The Morgan fingerprint density at radius 2 is 1.92 bits per heavy atom. The molecule has 2 aromatic carbocycles. The van der Waals surface area contributed by atoms with Crippen molar-refractivity contribution in [2.75, 3.05) is 14.2 Å². The van der Waals surface area contributed by atoms with E-state index in [-0.39, 0.29) is 18.1 Å². The Balaban J connectivity index is 2.01. The molecular weight excluding hydrogens is 376 g/mol. The molecule has 0 bridgehead atoms. The fourth-order valence-corrected chi connectivity index (χ4v) is 2.61. The highest BCUT2D eigenvalue weighted by Gasteiger charge is 2.11. The van der Waals surface area contributed by atoms with Crippen molar-refractivity contribution in [2.24, 2.45) is 5.10 Å². The lowest BCUT2D eigenvalue weighted by Gasteiger charge is -2.10. The Labute approximate surface area is 148 Å². The summed E-state index contributed by atoms with van der Waals surface area (Å²) in [5.74, 6) is 1.05. The summed E-state index contributed by atoms with van der Waals surface area (Å²) in [6.07, 6.45) is 1.69. The second-order valence-corrected chi connectivity index (χ2v) is 5.63. The molecule has 1 amide bonds. The number of benzene rings is 2. The monoisotopic (exact) mass is 392 g/mol. The zero-order valence-electron chi connectivity index (χ0n) is 13.2. The number of nitrogens with one attached hydrogen (secondary N) is 1. The lowest BCUT2D eigenvalue weighted by atomic mass is 10.1. The van der Waals surface area contributed by atoms with Gasteiger partial charge in [0, 0.05) is 5.56 Å². The van der Waals surface area contributed by atoms with Crippen LogP contribution in [-0.2, 0) is 11.2 Å². The second-order valence-electron chi connectivity index (χ2n) is 4.84. The maximum absolute atomic E-state index is 11.9. The van der Waals surface area contributed by atoms with Crippen molar-refractivity contribution in [1.29, 1.82) is 0 Å². The summed E-state index contributed by atoms with van der Waals surface area (Å²) in [4.78, 5) is 11.9. The predicted octanol–water partition coefficient (Wildman–Crippen LogP) is 2.86. The molecule has 2 N–H and O–H groups in total. The summed E-state index contributed by atoms with van der Waals surface area (Å²) in [5.41, 5.74) is 3.98. The third kappa shape index (κ3) is 4.48. The smallest absolute Gasteiger partial charge is 0.244 e. The van der Waals surface area contributed by atoms with Gasteiger partial charge in [0.25, 0.3) is 0 Å². The van der Waals surface area contributed by atoms with Crippen LogP contribution in [0.3, 0.4) is 0 Å². The SMILES string of the molecule is COc1ccc(/C=N\NC(=O)Cc2ccc(O)cc2)c(Br)c1OC. The number of hydrogen-bond acceptors (Lipinski definition) is 5. The molecule has 2 aromatic rings. The van der Waals surface area contributed by atoms with E-state index in [0.29, 0.717) is 16.0 Å². The molecule has 6 nitrogen and oxygen atoms in total. The number of hydrazone groups is 1. The van der Waals surface area contributed by atoms with Crippen LogP contribution in [0.2, 0.25) is 0 Å². The maximum Gasteiger partial charge on any atom is 0.244 e. The minimum Gasteiger partial charge on any atom is -0.508 e. The van der Waals surface area contributed by atoms with Crippen LogP contribution in [0.15, 0.2) is 46.0 Å². The first-order chi connectivity index (χ1) is 11.5. The summed E-state index contributed by atoms with van der Waals surface area (Å²) >= 11 is 3.43. The molecule has 7 heteroatoms. The Kier molecular flexibility index (Phi) is 6.20. The van der Waals surface area contributed by atoms with Gasteiger partial charge in [-0.2, -0.15) is 5.10 Å². The summed E-state index contributed by atoms with van der Waals surface area (Å²) in [5, 5.41) is 13.2. The summed E-state index contributed by atoms with van der Waals surface area (Å²) in [6, 6.07) is 9.98. The van der Waals surface area contributed by atoms with E-state index in [1.165, 1.54) is 18.3 Å². The zero-order chi connectivity index (χ0) is 17.5. The van der Waals surface area contributed by atoms with Gasteiger partial charge in [-0.3, -0.25) is 4.79 Å². The van der Waals surface area contributed by atoms with Gasteiger partial charge in [0.15, 0.2) is 11.5 Å². The average molecular weight is 393 g/mol. The van der Waals surface area contributed by atoms with Crippen LogP contribution in [0.1, 0.15) is 11.1 Å². The van der Waals surface area contributed by atoms with Crippen molar-refractivity contribution in [1.82, 2.24) is 5.43 Å². The van der Waals surface area contributed by atoms with E-state index in [9.17, 15) is 9.90 Å². The molecule has 0 radical (unpaired) electrons. The number of aromatic hydroxyl groups is 1. The number of carbonyl (C=O) groups excluding carboxylic acids is 1. The number of phenolic OH excluding ortho intramolecular Hbond substituents is 1. The number of halogens is 1. The maximum atomic E-state index is 11.9. The Morgan fingerprint density at radius 1 is 1.21 bits per heavy atom. The van der Waals surface area contributed by atoms with Gasteiger partial charge >= 0.3 is 0 Å². The van der Waals surface area contributed by atoms with Crippen LogP contribution < -0.4 is 14.9 Å². The quantitative estimate of drug-likeness (QED) is 0.584. The number of hydrogen-bond donors (Lipinski definition) is 2. The number of rotatable bonds is 6. The largest absolute Gasteiger partial charge is 0.508 e. The number of ether oxygens (including phenoxy) is 2. The first kappa shape index (κ1) is 17.8. The van der Waals surface area contributed by atoms with E-state index >= 15 is 0 Å². The molecule has 0 saturated carbocycles. The van der Waals surface area contributed by atoms with Crippen LogP contribution in [0.5, 0.6) is 17.2 Å². The molecule has 0 atom stereocenters. The number of nitrogens with zero attached hydrogens (tertiary/aromatic N) is 1. The number of methoxy groups -OCH3 is 2. The third-order valence-electron chi connectivity index (χ3n) is 3.21. The highest BCUT2D eigenvalue weighted by Crippen LogP contribution is 2.36. The highest BCUT2D eigenvalue weighted by molar-refractivity contribution is 9.10. The minimum absolute atomic E-state index is 0.162. The average Bonchev–Trinajstić information content (AvgIpc) is 2.58. The molecule has 0 aliphatic rings. The summed E-state index contributed by atoms with van der Waals surface area (Å²) in [7, 11) is 3.10. The molecule has 0 fully saturated rings. The fraction of sp³-hybridized carbons (Fsp3) is 0.176. The van der Waals surface area contributed by atoms with E-state index in [4.69, 9.17) is 9.47 Å². The van der Waals surface area contributed by atoms with Crippen molar-refractivity contribution in [2.45, 2.75) is 6.42 Å². The predicted molar refractivity (Wildman–Crippen MR) is 94.8 cm³/mol. The molecular formula is C17H17BrN2O4. The Morgan fingerprint density at radius 3 is 2.54 bits per heavy atom. The second kappa shape index (κ2) is 8.35. The first-order valence-electron chi connectivity index (χ1n) is 7.05. The van der Waals surface area contributed by atoms with Crippen LogP contribution in [0.25, 0.3) is 0 Å². The van der Waals surface area contributed by atoms with Gasteiger partial charge in [0.2, 0.25) is 5.91 Å². The van der Waals surface area contributed by atoms with Crippen molar-refractivity contribution in [3.63, 3.8) is 0 Å².